The average Bonchev–Trinajstić information content (AvgIpc) is 2.63. The Morgan fingerprint density at radius 2 is 1.52 bits per heavy atom. The number of nitrogens with one attached hydrogen (secondary N) is 1. The van der Waals surface area contributed by atoms with E-state index >= 15 is 0 Å². The van der Waals surface area contributed by atoms with E-state index in [0.717, 1.165) is 11.4 Å². The van der Waals surface area contributed by atoms with E-state index in [9.17, 15) is 9.59 Å². The van der Waals surface area contributed by atoms with Gasteiger partial charge in [0.1, 0.15) is 0 Å². The molecule has 5 heteroatoms. The van der Waals surface area contributed by atoms with Crippen molar-refractivity contribution in [2.45, 2.75) is 13.8 Å². The second-order valence-electron chi connectivity index (χ2n) is 5.76. The van der Waals surface area contributed by atoms with Crippen molar-refractivity contribution in [3.8, 4) is 0 Å². The highest BCUT2D eigenvalue weighted by Gasteiger charge is 2.20. The number of benzene rings is 2. The van der Waals surface area contributed by atoms with Crippen LogP contribution in [0.3, 0.4) is 0 Å². The highest BCUT2D eigenvalue weighted by Crippen LogP contribution is 2.21. The quantitative estimate of drug-likeness (QED) is 0.841. The smallest absolute Gasteiger partial charge is 0.256 e. The van der Waals surface area contributed by atoms with Crippen molar-refractivity contribution in [2.75, 3.05) is 32.0 Å². The van der Waals surface area contributed by atoms with Crippen LogP contribution in [0, 0.1) is 0 Å². The summed E-state index contributed by atoms with van der Waals surface area (Å²) >= 11 is 0. The maximum absolute atomic E-state index is 12.8. The van der Waals surface area contributed by atoms with Gasteiger partial charge in [0.15, 0.2) is 0 Å². The van der Waals surface area contributed by atoms with E-state index in [1.54, 1.807) is 18.0 Å². The van der Waals surface area contributed by atoms with Crippen LogP contribution in [0.5, 0.6) is 0 Å². The summed E-state index contributed by atoms with van der Waals surface area (Å²) in [6.07, 6.45) is 0. The fourth-order valence-corrected chi connectivity index (χ4v) is 2.61. The van der Waals surface area contributed by atoms with Gasteiger partial charge in [-0.1, -0.05) is 30.3 Å². The number of anilines is 2. The topological polar surface area (TPSA) is 52.7 Å². The Morgan fingerprint density at radius 3 is 2.16 bits per heavy atom. The molecule has 2 rings (SSSR count). The van der Waals surface area contributed by atoms with E-state index in [1.165, 1.54) is 4.90 Å². The van der Waals surface area contributed by atoms with Crippen molar-refractivity contribution < 1.29 is 9.59 Å². The van der Waals surface area contributed by atoms with Gasteiger partial charge in [-0.25, -0.2) is 0 Å². The maximum Gasteiger partial charge on any atom is 0.256 e. The van der Waals surface area contributed by atoms with E-state index in [4.69, 9.17) is 0 Å². The minimum Gasteiger partial charge on any atom is -0.355 e. The standard InChI is InChI=1S/C20H25N3O2/c1-4-23(5-2)19(24)15-22(3)20(25)17-13-9-10-14-18(17)21-16-11-7-6-8-12-16/h6-14,21H,4-5,15H2,1-3H3. The molecule has 2 aromatic carbocycles. The molecule has 0 radical (unpaired) electrons. The first-order chi connectivity index (χ1) is 12.1. The summed E-state index contributed by atoms with van der Waals surface area (Å²) in [7, 11) is 1.66. The largest absolute Gasteiger partial charge is 0.355 e. The summed E-state index contributed by atoms with van der Waals surface area (Å²) in [4.78, 5) is 28.2. The van der Waals surface area contributed by atoms with Gasteiger partial charge < -0.3 is 15.1 Å². The fraction of sp³-hybridized carbons (Fsp3) is 0.300. The zero-order valence-electron chi connectivity index (χ0n) is 15.0. The number of carbonyl (C=O) groups excluding carboxylic acids is 2. The molecule has 0 spiro atoms. The van der Waals surface area contributed by atoms with Crippen molar-refractivity contribution in [1.82, 2.24) is 9.80 Å². The molecule has 2 aromatic rings. The number of carbonyl (C=O) groups is 2. The number of para-hydroxylation sites is 2. The first-order valence-electron chi connectivity index (χ1n) is 8.51. The van der Waals surface area contributed by atoms with Crippen molar-refractivity contribution in [1.29, 1.82) is 0 Å². The van der Waals surface area contributed by atoms with Gasteiger partial charge in [0.25, 0.3) is 5.91 Å². The molecule has 0 aromatic heterocycles. The van der Waals surface area contributed by atoms with Crippen LogP contribution in [0.4, 0.5) is 11.4 Å². The van der Waals surface area contributed by atoms with Gasteiger partial charge in [-0.2, -0.15) is 0 Å². The second-order valence-corrected chi connectivity index (χ2v) is 5.76. The van der Waals surface area contributed by atoms with Crippen LogP contribution in [0.2, 0.25) is 0 Å². The number of rotatable bonds is 7. The predicted molar refractivity (Wildman–Crippen MR) is 101 cm³/mol. The highest BCUT2D eigenvalue weighted by molar-refractivity contribution is 6.01. The molecule has 2 amide bonds. The van der Waals surface area contributed by atoms with Gasteiger partial charge in [-0.15, -0.1) is 0 Å². The Kier molecular flexibility index (Phi) is 6.57. The Labute approximate surface area is 149 Å². The van der Waals surface area contributed by atoms with Crippen LogP contribution in [-0.4, -0.2) is 48.3 Å². The number of hydrogen-bond donors (Lipinski definition) is 1. The third-order valence-electron chi connectivity index (χ3n) is 4.05. The van der Waals surface area contributed by atoms with E-state index in [0.29, 0.717) is 18.7 Å². The number of amides is 2. The molecule has 0 fully saturated rings. The van der Waals surface area contributed by atoms with E-state index < -0.39 is 0 Å². The lowest BCUT2D eigenvalue weighted by Gasteiger charge is -2.24. The molecule has 5 nitrogen and oxygen atoms in total. The first kappa shape index (κ1) is 18.5. The van der Waals surface area contributed by atoms with Crippen LogP contribution in [-0.2, 0) is 4.79 Å². The third kappa shape index (κ3) is 4.83. The van der Waals surface area contributed by atoms with E-state index in [1.807, 2.05) is 62.4 Å². The van der Waals surface area contributed by atoms with Crippen molar-refractivity contribution in [2.24, 2.45) is 0 Å². The van der Waals surface area contributed by atoms with Crippen LogP contribution >= 0.6 is 0 Å². The lowest BCUT2D eigenvalue weighted by atomic mass is 10.1. The Balaban J connectivity index is 2.15. The van der Waals surface area contributed by atoms with Gasteiger partial charge in [-0.3, -0.25) is 9.59 Å². The second kappa shape index (κ2) is 8.87. The molecule has 0 aliphatic heterocycles. The summed E-state index contributed by atoms with van der Waals surface area (Å²) in [6.45, 7) is 5.22. The molecular weight excluding hydrogens is 314 g/mol. The van der Waals surface area contributed by atoms with Crippen LogP contribution in [0.1, 0.15) is 24.2 Å². The predicted octanol–water partition coefficient (Wildman–Crippen LogP) is 3.37. The summed E-state index contributed by atoms with van der Waals surface area (Å²) < 4.78 is 0. The monoisotopic (exact) mass is 339 g/mol. The minimum atomic E-state index is -0.181. The SMILES string of the molecule is CCN(CC)C(=O)CN(C)C(=O)c1ccccc1Nc1ccccc1. The summed E-state index contributed by atoms with van der Waals surface area (Å²) in [5.74, 6) is -0.228. The number of nitrogens with zero attached hydrogens (tertiary/aromatic N) is 2. The van der Waals surface area contributed by atoms with E-state index in [2.05, 4.69) is 5.32 Å². The van der Waals surface area contributed by atoms with Gasteiger partial charge in [0.2, 0.25) is 5.91 Å². The maximum atomic E-state index is 12.8. The van der Waals surface area contributed by atoms with Gasteiger partial charge in [0.05, 0.1) is 17.8 Å². The summed E-state index contributed by atoms with van der Waals surface area (Å²) in [6, 6.07) is 17.0. The molecule has 0 saturated carbocycles. The molecule has 0 unspecified atom stereocenters. The van der Waals surface area contributed by atoms with Gasteiger partial charge in [-0.05, 0) is 38.1 Å². The zero-order valence-corrected chi connectivity index (χ0v) is 15.0. The fourth-order valence-electron chi connectivity index (χ4n) is 2.61. The molecule has 0 aliphatic rings. The van der Waals surface area contributed by atoms with Crippen molar-refractivity contribution >= 4 is 23.2 Å². The molecule has 0 atom stereocenters. The number of likely N-dealkylation sites (N-methyl/N-ethyl adjacent to an activating group) is 2. The summed E-state index contributed by atoms with van der Waals surface area (Å²) in [5.41, 5.74) is 2.17. The lowest BCUT2D eigenvalue weighted by Crippen LogP contribution is -2.41. The normalized spacial score (nSPS) is 10.2. The third-order valence-corrected chi connectivity index (χ3v) is 4.05. The molecule has 0 aliphatic carbocycles. The Bertz CT molecular complexity index is 712. The summed E-state index contributed by atoms with van der Waals surface area (Å²) in [5, 5.41) is 3.26. The first-order valence-corrected chi connectivity index (χ1v) is 8.51. The van der Waals surface area contributed by atoms with Crippen LogP contribution in [0.15, 0.2) is 54.6 Å². The van der Waals surface area contributed by atoms with E-state index in [-0.39, 0.29) is 18.4 Å². The molecule has 0 heterocycles. The Hall–Kier alpha value is -2.82. The highest BCUT2D eigenvalue weighted by atomic mass is 16.2. The molecular formula is C20H25N3O2. The minimum absolute atomic E-state index is 0.0469. The number of hydrogen-bond acceptors (Lipinski definition) is 3. The molecule has 132 valence electrons. The van der Waals surface area contributed by atoms with Gasteiger partial charge in [0, 0.05) is 25.8 Å². The Morgan fingerprint density at radius 1 is 0.920 bits per heavy atom. The molecule has 0 saturated heterocycles. The molecule has 1 N–H and O–H groups in total. The molecule has 25 heavy (non-hydrogen) atoms. The van der Waals surface area contributed by atoms with Gasteiger partial charge >= 0.3 is 0 Å². The lowest BCUT2D eigenvalue weighted by molar-refractivity contribution is -0.131. The zero-order chi connectivity index (χ0) is 18.2. The molecule has 0 bridgehead atoms. The average molecular weight is 339 g/mol. The van der Waals surface area contributed by atoms with Crippen molar-refractivity contribution in [3.05, 3.63) is 60.2 Å². The van der Waals surface area contributed by atoms with Crippen LogP contribution in [0.25, 0.3) is 0 Å². The van der Waals surface area contributed by atoms with Crippen molar-refractivity contribution in [3.63, 3.8) is 0 Å². The van der Waals surface area contributed by atoms with Crippen LogP contribution < -0.4 is 5.32 Å².